The normalized spacial score (nSPS) is 11.9. The van der Waals surface area contributed by atoms with E-state index in [2.05, 4.69) is 38.3 Å². The SMILES string of the molecule is CCCCCCCCCCCCCC(CCCCCCCCCCCCC)NCCOCCOCNC(CCCCCCCCCCCCC)CCCCCCCCCCCCC. The fourth-order valence-corrected chi connectivity index (χ4v) is 9.72. The molecule has 0 heterocycles. The third kappa shape index (κ3) is 54.3. The minimum atomic E-state index is 0.602. The van der Waals surface area contributed by atoms with Crippen LogP contribution in [0.15, 0.2) is 0 Å². The van der Waals surface area contributed by atoms with Crippen LogP contribution in [0, 0.1) is 0 Å². The fourth-order valence-electron chi connectivity index (χ4n) is 9.72. The molecule has 0 atom stereocenters. The topological polar surface area (TPSA) is 42.5 Å². The highest BCUT2D eigenvalue weighted by atomic mass is 16.5. The molecule has 4 heteroatoms. The quantitative estimate of drug-likeness (QED) is 0.0472. The smallest absolute Gasteiger partial charge is 0.0968 e. The summed E-state index contributed by atoms with van der Waals surface area (Å²) in [7, 11) is 0. The van der Waals surface area contributed by atoms with Crippen LogP contribution in [-0.4, -0.2) is 45.2 Å². The van der Waals surface area contributed by atoms with Gasteiger partial charge in [-0.15, -0.1) is 0 Å². The summed E-state index contributed by atoms with van der Waals surface area (Å²) in [5.74, 6) is 0. The molecule has 0 aliphatic heterocycles. The first kappa shape index (κ1) is 62.8. The Labute approximate surface area is 399 Å². The molecule has 2 N–H and O–H groups in total. The van der Waals surface area contributed by atoms with Crippen molar-refractivity contribution >= 4 is 0 Å². The van der Waals surface area contributed by atoms with Gasteiger partial charge in [-0.25, -0.2) is 0 Å². The van der Waals surface area contributed by atoms with Gasteiger partial charge in [0, 0.05) is 18.6 Å². The van der Waals surface area contributed by atoms with Gasteiger partial charge in [0.2, 0.25) is 0 Å². The van der Waals surface area contributed by atoms with E-state index in [0.29, 0.717) is 32.0 Å². The Kier molecular flexibility index (Phi) is 57.8. The highest BCUT2D eigenvalue weighted by molar-refractivity contribution is 4.69. The summed E-state index contributed by atoms with van der Waals surface area (Å²) in [6.45, 7) is 13.1. The molecule has 0 aliphatic rings. The Bertz CT molecular complexity index is 665. The van der Waals surface area contributed by atoms with E-state index in [1.165, 1.54) is 308 Å². The zero-order valence-electron chi connectivity index (χ0n) is 44.4. The summed E-state index contributed by atoms with van der Waals surface area (Å²) in [4.78, 5) is 0. The molecule has 0 aromatic rings. The van der Waals surface area contributed by atoms with Gasteiger partial charge in [0.25, 0.3) is 0 Å². The third-order valence-electron chi connectivity index (χ3n) is 14.2. The number of rotatable bonds is 58. The molecule has 0 rings (SSSR count). The lowest BCUT2D eigenvalue weighted by atomic mass is 9.99. The Morgan fingerprint density at radius 2 is 0.460 bits per heavy atom. The second kappa shape index (κ2) is 58.0. The predicted molar refractivity (Wildman–Crippen MR) is 285 cm³/mol. The summed E-state index contributed by atoms with van der Waals surface area (Å²) in [5.41, 5.74) is 0. The van der Waals surface area contributed by atoms with Crippen molar-refractivity contribution in [2.75, 3.05) is 33.1 Å². The standard InChI is InChI=1S/C59H122N2O2/c1-5-9-13-17-21-25-29-33-37-41-45-49-58(50-46-42-38-34-30-26-22-18-14-10-6-2)60-53-54-62-55-56-63-57-61-59(51-47-43-39-35-31-27-23-19-15-11-7-3)52-48-44-40-36-32-28-24-20-16-12-8-4/h58-61H,5-57H2,1-4H3. The second-order valence-corrected chi connectivity index (χ2v) is 20.5. The molecule has 0 saturated heterocycles. The Morgan fingerprint density at radius 3 is 0.730 bits per heavy atom. The number of hydrogen-bond acceptors (Lipinski definition) is 4. The lowest BCUT2D eigenvalue weighted by molar-refractivity contribution is 0.0366. The van der Waals surface area contributed by atoms with Crippen LogP contribution in [-0.2, 0) is 9.47 Å². The molecule has 0 spiro atoms. The molecular weight excluding hydrogens is 769 g/mol. The average molecular weight is 892 g/mol. The van der Waals surface area contributed by atoms with E-state index in [1.807, 2.05) is 0 Å². The second-order valence-electron chi connectivity index (χ2n) is 20.5. The van der Waals surface area contributed by atoms with Crippen LogP contribution >= 0.6 is 0 Å². The maximum atomic E-state index is 6.09. The van der Waals surface area contributed by atoms with E-state index < -0.39 is 0 Å². The van der Waals surface area contributed by atoms with Gasteiger partial charge in [-0.3, -0.25) is 5.32 Å². The molecule has 0 amide bonds. The minimum Gasteiger partial charge on any atom is -0.378 e. The van der Waals surface area contributed by atoms with E-state index in [1.54, 1.807) is 0 Å². The molecule has 63 heavy (non-hydrogen) atoms. The van der Waals surface area contributed by atoms with E-state index in [9.17, 15) is 0 Å². The summed E-state index contributed by atoms with van der Waals surface area (Å²) < 4.78 is 12.2. The lowest BCUT2D eigenvalue weighted by Gasteiger charge is -2.20. The van der Waals surface area contributed by atoms with Crippen molar-refractivity contribution in [1.82, 2.24) is 10.6 Å². The van der Waals surface area contributed by atoms with Crippen LogP contribution in [0.3, 0.4) is 0 Å². The van der Waals surface area contributed by atoms with Crippen molar-refractivity contribution in [2.24, 2.45) is 0 Å². The zero-order chi connectivity index (χ0) is 45.5. The molecule has 0 fully saturated rings. The van der Waals surface area contributed by atoms with Gasteiger partial charge in [-0.2, -0.15) is 0 Å². The molecule has 0 aromatic carbocycles. The summed E-state index contributed by atoms with van der Waals surface area (Å²) in [6.07, 6.45) is 67.9. The molecular formula is C59H122N2O2. The molecule has 4 nitrogen and oxygen atoms in total. The molecule has 0 unspecified atom stereocenters. The molecule has 0 radical (unpaired) electrons. The first-order valence-corrected chi connectivity index (χ1v) is 29.9. The fraction of sp³-hybridized carbons (Fsp3) is 1.00. The average Bonchev–Trinajstić information content (AvgIpc) is 3.29. The Hall–Kier alpha value is -0.160. The van der Waals surface area contributed by atoms with E-state index >= 15 is 0 Å². The van der Waals surface area contributed by atoms with Crippen molar-refractivity contribution in [2.45, 2.75) is 348 Å². The molecule has 0 saturated carbocycles. The maximum absolute atomic E-state index is 6.09. The first-order valence-electron chi connectivity index (χ1n) is 29.9. The van der Waals surface area contributed by atoms with Crippen LogP contribution in [0.5, 0.6) is 0 Å². The van der Waals surface area contributed by atoms with Gasteiger partial charge in [0.05, 0.1) is 26.6 Å². The lowest BCUT2D eigenvalue weighted by Crippen LogP contribution is -2.33. The van der Waals surface area contributed by atoms with E-state index in [4.69, 9.17) is 9.47 Å². The Balaban J connectivity index is 4.39. The number of ether oxygens (including phenoxy) is 2. The molecule has 0 bridgehead atoms. The van der Waals surface area contributed by atoms with E-state index in [-0.39, 0.29) is 0 Å². The summed E-state index contributed by atoms with van der Waals surface area (Å²) in [6, 6.07) is 1.26. The van der Waals surface area contributed by atoms with Crippen molar-refractivity contribution < 1.29 is 9.47 Å². The highest BCUT2D eigenvalue weighted by Gasteiger charge is 2.10. The van der Waals surface area contributed by atoms with Gasteiger partial charge in [-0.1, -0.05) is 310 Å². The van der Waals surface area contributed by atoms with Gasteiger partial charge in [-0.05, 0) is 25.7 Å². The van der Waals surface area contributed by atoms with Crippen molar-refractivity contribution in [3.05, 3.63) is 0 Å². The first-order chi connectivity index (χ1) is 31.3. The number of hydrogen-bond donors (Lipinski definition) is 2. The third-order valence-corrected chi connectivity index (χ3v) is 14.2. The Morgan fingerprint density at radius 1 is 0.238 bits per heavy atom. The highest BCUT2D eigenvalue weighted by Crippen LogP contribution is 2.19. The molecule has 380 valence electrons. The van der Waals surface area contributed by atoms with Crippen molar-refractivity contribution in [3.63, 3.8) is 0 Å². The van der Waals surface area contributed by atoms with Crippen LogP contribution in [0.4, 0.5) is 0 Å². The maximum Gasteiger partial charge on any atom is 0.0968 e. The largest absolute Gasteiger partial charge is 0.378 e. The molecule has 0 aliphatic carbocycles. The monoisotopic (exact) mass is 891 g/mol. The van der Waals surface area contributed by atoms with Crippen molar-refractivity contribution in [3.8, 4) is 0 Å². The van der Waals surface area contributed by atoms with Gasteiger partial charge in [0.15, 0.2) is 0 Å². The summed E-state index contributed by atoms with van der Waals surface area (Å²) >= 11 is 0. The van der Waals surface area contributed by atoms with Gasteiger partial charge in [0.1, 0.15) is 0 Å². The van der Waals surface area contributed by atoms with Crippen molar-refractivity contribution in [1.29, 1.82) is 0 Å². The zero-order valence-corrected chi connectivity index (χ0v) is 44.4. The van der Waals surface area contributed by atoms with E-state index in [0.717, 1.165) is 13.2 Å². The van der Waals surface area contributed by atoms with Crippen LogP contribution in [0.25, 0.3) is 0 Å². The number of unbranched alkanes of at least 4 members (excludes halogenated alkanes) is 40. The van der Waals surface area contributed by atoms with Crippen LogP contribution in [0.1, 0.15) is 336 Å². The molecule has 0 aromatic heterocycles. The van der Waals surface area contributed by atoms with Crippen LogP contribution < -0.4 is 10.6 Å². The predicted octanol–water partition coefficient (Wildman–Crippen LogP) is 19.7. The van der Waals surface area contributed by atoms with Gasteiger partial charge >= 0.3 is 0 Å². The minimum absolute atomic E-state index is 0.602. The van der Waals surface area contributed by atoms with Gasteiger partial charge < -0.3 is 14.8 Å². The summed E-state index contributed by atoms with van der Waals surface area (Å²) in [5, 5.41) is 7.74. The van der Waals surface area contributed by atoms with Crippen LogP contribution in [0.2, 0.25) is 0 Å². The number of nitrogens with one attached hydrogen (secondary N) is 2.